The molecule has 2 aliphatic carbocycles. The van der Waals surface area contributed by atoms with Crippen LogP contribution in [0.15, 0.2) is 30.9 Å². The number of amides is 4. The third-order valence-corrected chi connectivity index (χ3v) is 12.4. The number of aryl methyl sites for hydroxylation is 1. The van der Waals surface area contributed by atoms with Gasteiger partial charge in [-0.1, -0.05) is 46.1 Å². The average Bonchev–Trinajstić information content (AvgIpc) is 3.99. The minimum absolute atomic E-state index is 0.00829. The lowest BCUT2D eigenvalue weighted by atomic mass is 9.85. The molecule has 0 radical (unpaired) electrons. The second-order valence-electron chi connectivity index (χ2n) is 15.6. The van der Waals surface area contributed by atoms with Gasteiger partial charge in [0.15, 0.2) is 0 Å². The molecule has 17 heteroatoms. The van der Waals surface area contributed by atoms with E-state index in [9.17, 15) is 27.6 Å². The Bertz CT molecular complexity index is 1850. The standard InChI is InChI=1S/C36H50N8O8S/c1-6-23-20-36(23,33(47)41-53(49,50)26-14-15-26)38-31(45)28-19-24-21-43(28)32(46)29(35(2,3)4)37-34(48)52-17-11-9-7-8-10-12-22-18-25(51-5)13-16-27(22)30-39-42-44(24)40-30/h6,13,16,18,23-24,26,28-29H,1,7-12,14-15,17,19-21H2,2-5H3,(H,37,48)(H,38,45)(H,41,47)/t23-,24-,28+,29-,36-/m1/s1. The highest BCUT2D eigenvalue weighted by atomic mass is 32.2. The van der Waals surface area contributed by atoms with Crippen molar-refractivity contribution in [2.75, 3.05) is 20.3 Å². The number of nitrogens with zero attached hydrogens (tertiary/aromatic N) is 5. The third-order valence-electron chi connectivity index (χ3n) is 10.6. The van der Waals surface area contributed by atoms with Crippen molar-refractivity contribution in [3.8, 4) is 17.1 Å². The Morgan fingerprint density at radius 1 is 1.13 bits per heavy atom. The molecule has 16 nitrogen and oxygen atoms in total. The molecular formula is C36H50N8O8S. The SMILES string of the molecule is C=C[C@@H]1C[C@]1(NC(=O)[C@@H]1C[C@@H]2CN1C(=O)[C@H](C(C)(C)C)NC(=O)OCCCCCCCc1cc(OC)ccc1-c1nnn2n1)C(=O)NS(=O)(=O)C1CC1. The van der Waals surface area contributed by atoms with Crippen LogP contribution in [-0.2, 0) is 35.6 Å². The van der Waals surface area contributed by atoms with Crippen LogP contribution in [-0.4, -0.2) is 100 Å². The maximum absolute atomic E-state index is 14.5. The number of rotatable bonds is 7. The number of carbonyl (C=O) groups excluding carboxylic acids is 4. The summed E-state index contributed by atoms with van der Waals surface area (Å²) >= 11 is 0. The van der Waals surface area contributed by atoms with E-state index in [4.69, 9.17) is 14.6 Å². The Morgan fingerprint density at radius 2 is 1.87 bits per heavy atom. The number of hydrogen-bond acceptors (Lipinski definition) is 11. The molecule has 0 spiro atoms. The van der Waals surface area contributed by atoms with E-state index < -0.39 is 74.1 Å². The molecule has 4 aliphatic rings. The summed E-state index contributed by atoms with van der Waals surface area (Å²) in [5.41, 5.74) is -0.543. The van der Waals surface area contributed by atoms with E-state index in [0.29, 0.717) is 30.8 Å². The zero-order chi connectivity index (χ0) is 38.1. The lowest BCUT2D eigenvalue weighted by Crippen LogP contribution is -2.60. The fourth-order valence-corrected chi connectivity index (χ4v) is 8.55. The second-order valence-corrected chi connectivity index (χ2v) is 17.6. The molecule has 3 heterocycles. The van der Waals surface area contributed by atoms with Gasteiger partial charge >= 0.3 is 6.09 Å². The first-order valence-corrected chi connectivity index (χ1v) is 19.9. The van der Waals surface area contributed by atoms with Gasteiger partial charge in [-0.3, -0.25) is 19.1 Å². The van der Waals surface area contributed by atoms with E-state index in [-0.39, 0.29) is 26.0 Å². The maximum Gasteiger partial charge on any atom is 0.407 e. The summed E-state index contributed by atoms with van der Waals surface area (Å²) in [6.45, 7) is 9.35. The molecule has 53 heavy (non-hydrogen) atoms. The number of cyclic esters (lactones) is 1. The molecule has 6 rings (SSSR count). The highest BCUT2D eigenvalue weighted by molar-refractivity contribution is 7.91. The van der Waals surface area contributed by atoms with Crippen molar-refractivity contribution in [1.29, 1.82) is 0 Å². The average molecular weight is 755 g/mol. The summed E-state index contributed by atoms with van der Waals surface area (Å²) in [5.74, 6) is -1.45. The molecule has 288 valence electrons. The third kappa shape index (κ3) is 8.34. The normalized spacial score (nSPS) is 27.1. The van der Waals surface area contributed by atoms with Crippen LogP contribution >= 0.6 is 0 Å². The molecule has 1 saturated heterocycles. The van der Waals surface area contributed by atoms with Crippen LogP contribution in [0.4, 0.5) is 4.79 Å². The Hall–Kier alpha value is -4.54. The topological polar surface area (TPSA) is 204 Å². The molecule has 1 aromatic carbocycles. The first kappa shape index (κ1) is 38.2. The first-order valence-electron chi connectivity index (χ1n) is 18.4. The van der Waals surface area contributed by atoms with Gasteiger partial charge in [-0.2, -0.15) is 4.80 Å². The van der Waals surface area contributed by atoms with E-state index in [2.05, 4.69) is 32.2 Å². The van der Waals surface area contributed by atoms with Crippen LogP contribution in [0.5, 0.6) is 5.75 Å². The molecule has 2 aromatic rings. The number of nitrogens with one attached hydrogen (secondary N) is 3. The molecule has 5 atom stereocenters. The summed E-state index contributed by atoms with van der Waals surface area (Å²) in [5, 5.41) is 18.4. The first-order chi connectivity index (χ1) is 25.2. The molecular weight excluding hydrogens is 705 g/mol. The maximum atomic E-state index is 14.5. The summed E-state index contributed by atoms with van der Waals surface area (Å²) in [4.78, 5) is 58.1. The van der Waals surface area contributed by atoms with E-state index in [0.717, 1.165) is 43.2 Å². The minimum atomic E-state index is -3.90. The predicted octanol–water partition coefficient (Wildman–Crippen LogP) is 2.81. The number of carbonyl (C=O) groups is 4. The molecule has 4 amide bonds. The number of benzene rings is 1. The van der Waals surface area contributed by atoms with Crippen LogP contribution in [0.3, 0.4) is 0 Å². The number of sulfonamides is 1. The van der Waals surface area contributed by atoms with Gasteiger partial charge < -0.3 is 25.0 Å². The number of tetrazole rings is 1. The fourth-order valence-electron chi connectivity index (χ4n) is 7.19. The van der Waals surface area contributed by atoms with Gasteiger partial charge in [0, 0.05) is 24.4 Å². The molecule has 3 fully saturated rings. The highest BCUT2D eigenvalue weighted by Crippen LogP contribution is 2.46. The van der Waals surface area contributed by atoms with Crippen molar-refractivity contribution in [3.05, 3.63) is 36.4 Å². The molecule has 3 N–H and O–H groups in total. The zero-order valence-electron chi connectivity index (χ0n) is 30.8. The van der Waals surface area contributed by atoms with Crippen LogP contribution in [0.25, 0.3) is 11.4 Å². The number of fused-ring (bicyclic) bond motifs is 7. The van der Waals surface area contributed by atoms with Crippen LogP contribution in [0, 0.1) is 11.3 Å². The van der Waals surface area contributed by atoms with Crippen LogP contribution in [0.2, 0.25) is 0 Å². The lowest BCUT2D eigenvalue weighted by Gasteiger charge is -2.35. The van der Waals surface area contributed by atoms with Crippen molar-refractivity contribution in [3.63, 3.8) is 0 Å². The Kier molecular flexibility index (Phi) is 10.9. The van der Waals surface area contributed by atoms with Crippen molar-refractivity contribution < 1.29 is 37.1 Å². The number of hydrogen-bond donors (Lipinski definition) is 3. The van der Waals surface area contributed by atoms with E-state index >= 15 is 0 Å². The predicted molar refractivity (Wildman–Crippen MR) is 193 cm³/mol. The number of alkyl carbamates (subject to hydrolysis) is 1. The largest absolute Gasteiger partial charge is 0.497 e. The quantitative estimate of drug-likeness (QED) is 0.351. The van der Waals surface area contributed by atoms with E-state index in [1.165, 1.54) is 15.8 Å². The summed E-state index contributed by atoms with van der Waals surface area (Å²) in [7, 11) is -2.29. The van der Waals surface area contributed by atoms with Gasteiger partial charge in [-0.25, -0.2) is 13.2 Å². The monoisotopic (exact) mass is 754 g/mol. The number of methoxy groups -OCH3 is 1. The Labute approximate surface area is 309 Å². The van der Waals surface area contributed by atoms with Gasteiger partial charge in [0.25, 0.3) is 5.91 Å². The van der Waals surface area contributed by atoms with Crippen molar-refractivity contribution in [2.45, 2.75) is 114 Å². The molecule has 4 bridgehead atoms. The van der Waals surface area contributed by atoms with Gasteiger partial charge in [-0.05, 0) is 72.9 Å². The van der Waals surface area contributed by atoms with Crippen molar-refractivity contribution in [1.82, 2.24) is 40.5 Å². The van der Waals surface area contributed by atoms with Crippen molar-refractivity contribution in [2.24, 2.45) is 11.3 Å². The summed E-state index contributed by atoms with van der Waals surface area (Å²) in [6, 6.07) is 2.88. The Morgan fingerprint density at radius 3 is 2.55 bits per heavy atom. The smallest absolute Gasteiger partial charge is 0.407 e. The highest BCUT2D eigenvalue weighted by Gasteiger charge is 2.62. The van der Waals surface area contributed by atoms with E-state index in [1.54, 1.807) is 27.9 Å². The molecule has 1 aromatic heterocycles. The zero-order valence-corrected chi connectivity index (χ0v) is 31.6. The molecule has 2 saturated carbocycles. The minimum Gasteiger partial charge on any atom is -0.497 e. The number of ether oxygens (including phenoxy) is 2. The number of aromatic nitrogens is 4. The van der Waals surface area contributed by atoms with Gasteiger partial charge in [0.1, 0.15) is 23.4 Å². The summed E-state index contributed by atoms with van der Waals surface area (Å²) in [6.07, 6.45) is 7.01. The van der Waals surface area contributed by atoms with Gasteiger partial charge in [-0.15, -0.1) is 16.8 Å². The Balaban J connectivity index is 1.33. The van der Waals surface area contributed by atoms with Gasteiger partial charge in [0.2, 0.25) is 27.7 Å². The van der Waals surface area contributed by atoms with Gasteiger partial charge in [0.05, 0.1) is 25.0 Å². The molecule has 2 aliphatic heterocycles. The van der Waals surface area contributed by atoms with Crippen LogP contribution in [0.1, 0.15) is 90.2 Å². The molecule has 0 unspecified atom stereocenters. The summed E-state index contributed by atoms with van der Waals surface area (Å²) < 4.78 is 38.5. The fraction of sp³-hybridized carbons (Fsp3) is 0.639. The second kappa shape index (κ2) is 15.1. The van der Waals surface area contributed by atoms with Crippen molar-refractivity contribution >= 4 is 33.8 Å². The van der Waals surface area contributed by atoms with E-state index in [1.807, 2.05) is 18.2 Å². The van der Waals surface area contributed by atoms with Crippen LogP contribution < -0.4 is 20.1 Å². The lowest BCUT2D eigenvalue weighted by molar-refractivity contribution is -0.142.